The number of carbonyl (C=O) groups is 8. The smallest absolute Gasteiger partial charge is 0.407 e. The molecule has 22 heteroatoms. The van der Waals surface area contributed by atoms with Crippen LogP contribution in [0.5, 0.6) is 5.75 Å². The lowest BCUT2D eigenvalue weighted by molar-refractivity contribution is -0.145. The number of amides is 6. The highest BCUT2D eigenvalue weighted by Gasteiger charge is 2.39. The van der Waals surface area contributed by atoms with Crippen LogP contribution in [0.4, 0.5) is 4.79 Å². The fraction of sp³-hybridized carbons (Fsp3) is 0.694. The number of phenolic OH excluding ortho intramolecular Hbond substituents is 1. The molecule has 0 spiro atoms. The summed E-state index contributed by atoms with van der Waals surface area (Å²) in [6.45, 7) is 18.0. The van der Waals surface area contributed by atoms with E-state index in [1.165, 1.54) is 28.4 Å². The van der Waals surface area contributed by atoms with Crippen LogP contribution in [-0.2, 0) is 58.9 Å². The summed E-state index contributed by atoms with van der Waals surface area (Å²) in [7, 11) is 2.01. The summed E-state index contributed by atoms with van der Waals surface area (Å²) in [5.41, 5.74) is 1.02. The molecule has 0 saturated carbocycles. The number of likely N-dealkylation sites (N-methyl/N-ethyl adjacent to an activating group) is 1. The Morgan fingerprint density at radius 3 is 2.14 bits per heavy atom. The molecule has 2 aromatic rings. The van der Waals surface area contributed by atoms with E-state index in [-0.39, 0.29) is 116 Å². The molecule has 1 saturated heterocycles. The van der Waals surface area contributed by atoms with Crippen molar-refractivity contribution in [2.24, 2.45) is 23.7 Å². The number of ether oxygens (including phenoxy) is 5. The number of aromatic nitrogens is 1. The number of benzene rings is 1. The molecule has 4 rings (SSSR count). The first-order chi connectivity index (χ1) is 40.4. The zero-order chi connectivity index (χ0) is 61.4. The Morgan fingerprint density at radius 2 is 1.50 bits per heavy atom. The van der Waals surface area contributed by atoms with Crippen LogP contribution in [-0.4, -0.2) is 183 Å². The molecule has 4 N–H and O–H groups in total. The lowest BCUT2D eigenvalue weighted by Crippen LogP contribution is -2.50. The number of Topliss-reactive ketones (excluding diaryl/α,β-unsaturated/α-hetero) is 2. The van der Waals surface area contributed by atoms with Crippen molar-refractivity contribution in [3.63, 3.8) is 0 Å². The van der Waals surface area contributed by atoms with Gasteiger partial charge in [0.25, 0.3) is 17.7 Å². The minimum atomic E-state index is -0.782. The molecule has 6 amide bonds. The zero-order valence-electron chi connectivity index (χ0n) is 51.2. The Morgan fingerprint density at radius 1 is 0.821 bits per heavy atom. The number of hydrogen-bond donors (Lipinski definition) is 4. The summed E-state index contributed by atoms with van der Waals surface area (Å²) in [5.74, 6) is -2.14. The van der Waals surface area contributed by atoms with E-state index in [2.05, 4.69) is 55.5 Å². The molecule has 0 unspecified atom stereocenters. The average Bonchev–Trinajstić information content (AvgIpc) is 4.12. The predicted octanol–water partition coefficient (Wildman–Crippen LogP) is 7.39. The van der Waals surface area contributed by atoms with E-state index < -0.39 is 36.0 Å². The third kappa shape index (κ3) is 25.1. The number of ketones is 2. The van der Waals surface area contributed by atoms with Gasteiger partial charge in [0.05, 0.1) is 52.2 Å². The van der Waals surface area contributed by atoms with Gasteiger partial charge in [-0.05, 0) is 94.5 Å². The second-order valence-corrected chi connectivity index (χ2v) is 23.3. The standard InChI is InChI=1S/C62H97N7O14S/c1-9-26-68(61(77)49(44(6)11-3)39-53(71)51-17-14-16-27-67(51)8)52(43(4)5)40-55(82-29-10-2)60-66-50(42-84-60)59(76)65-47(38-46-19-21-48(70)22-20-46)37-45(7)54(72)41-64-62(78)83-36-35-81-34-33-80-32-31-79-30-25-63-56(73)18-13-12-15-28-69-57(74)23-24-58(69)75/h19-24,42-45,47,49,51-52,55,70H,9-18,25-41H2,1-8H3,(H,63,73)(H,64,78)(H,65,76)/t44-,45-,47+,49-,51+,52+,55+/m0/s1. The Kier molecular flexibility index (Phi) is 33.0. The van der Waals surface area contributed by atoms with Crippen LogP contribution in [0.15, 0.2) is 41.8 Å². The van der Waals surface area contributed by atoms with E-state index >= 15 is 0 Å². The monoisotopic (exact) mass is 1200 g/mol. The number of phenols is 1. The zero-order valence-corrected chi connectivity index (χ0v) is 52.0. The normalized spacial score (nSPS) is 16.7. The molecular weight excluding hydrogens is 1100 g/mol. The van der Waals surface area contributed by atoms with Crippen LogP contribution < -0.4 is 16.0 Å². The largest absolute Gasteiger partial charge is 0.508 e. The first-order valence-electron chi connectivity index (χ1n) is 30.5. The van der Waals surface area contributed by atoms with Gasteiger partial charge in [0, 0.05) is 87.0 Å². The summed E-state index contributed by atoms with van der Waals surface area (Å²) >= 11 is 1.32. The molecule has 1 aromatic heterocycles. The number of nitrogens with one attached hydrogen (secondary N) is 3. The highest BCUT2D eigenvalue weighted by molar-refractivity contribution is 7.09. The maximum Gasteiger partial charge on any atom is 0.407 e. The summed E-state index contributed by atoms with van der Waals surface area (Å²) in [4.78, 5) is 114. The molecule has 0 radical (unpaired) electrons. The molecule has 0 aliphatic carbocycles. The van der Waals surface area contributed by atoms with Gasteiger partial charge in [-0.3, -0.25) is 43.4 Å². The number of likely N-dealkylation sites (tertiary alicyclic amines) is 1. The molecular formula is C62H97N7O14S. The van der Waals surface area contributed by atoms with Gasteiger partial charge in [-0.25, -0.2) is 9.78 Å². The van der Waals surface area contributed by atoms with Crippen LogP contribution >= 0.6 is 11.3 Å². The third-order valence-electron chi connectivity index (χ3n) is 15.4. The molecule has 1 fully saturated rings. The van der Waals surface area contributed by atoms with Gasteiger partial charge in [0.2, 0.25) is 11.8 Å². The van der Waals surface area contributed by atoms with E-state index in [0.29, 0.717) is 83.2 Å². The number of hydrogen-bond acceptors (Lipinski definition) is 17. The number of unbranched alkanes of at least 4 members (excludes halogenated alkanes) is 2. The van der Waals surface area contributed by atoms with Gasteiger partial charge in [-0.15, -0.1) is 11.3 Å². The van der Waals surface area contributed by atoms with Crippen LogP contribution in [0.2, 0.25) is 0 Å². The predicted molar refractivity (Wildman–Crippen MR) is 320 cm³/mol. The van der Waals surface area contributed by atoms with Crippen LogP contribution in [0.1, 0.15) is 159 Å². The number of carbonyl (C=O) groups excluding carboxylic acids is 8. The second-order valence-electron chi connectivity index (χ2n) is 22.5. The first-order valence-corrected chi connectivity index (χ1v) is 31.4. The topological polar surface area (TPSA) is 262 Å². The van der Waals surface area contributed by atoms with E-state index in [1.54, 1.807) is 36.6 Å². The van der Waals surface area contributed by atoms with E-state index in [9.17, 15) is 43.5 Å². The van der Waals surface area contributed by atoms with Crippen molar-refractivity contribution in [1.29, 1.82) is 0 Å². The Labute approximate surface area is 502 Å². The van der Waals surface area contributed by atoms with Crippen molar-refractivity contribution in [2.75, 3.05) is 92.6 Å². The van der Waals surface area contributed by atoms with Crippen molar-refractivity contribution in [1.82, 2.24) is 35.6 Å². The quantitative estimate of drug-likeness (QED) is 0.0373. The van der Waals surface area contributed by atoms with Crippen LogP contribution in [0.25, 0.3) is 0 Å². The summed E-state index contributed by atoms with van der Waals surface area (Å²) in [6, 6.07) is 5.69. The highest BCUT2D eigenvalue weighted by atomic mass is 32.1. The molecule has 3 heterocycles. The number of thiazole rings is 1. The van der Waals surface area contributed by atoms with Crippen molar-refractivity contribution in [3.8, 4) is 5.75 Å². The molecule has 1 aromatic carbocycles. The molecule has 2 aliphatic rings. The van der Waals surface area contributed by atoms with Crippen LogP contribution in [0.3, 0.4) is 0 Å². The minimum absolute atomic E-state index is 0.00229. The lowest BCUT2D eigenvalue weighted by Gasteiger charge is -2.40. The molecule has 7 atom stereocenters. The molecule has 21 nitrogen and oxygen atoms in total. The summed E-state index contributed by atoms with van der Waals surface area (Å²) in [6.07, 6.45) is 9.98. The minimum Gasteiger partial charge on any atom is -0.508 e. The number of imide groups is 1. The Hall–Kier alpha value is -5.65. The molecule has 0 bridgehead atoms. The lowest BCUT2D eigenvalue weighted by atomic mass is 9.82. The third-order valence-corrected chi connectivity index (χ3v) is 16.4. The molecule has 470 valence electrons. The number of rotatable bonds is 43. The number of alkyl carbamates (subject to hydrolysis) is 1. The maximum absolute atomic E-state index is 14.9. The highest BCUT2D eigenvalue weighted by Crippen LogP contribution is 2.34. The van der Waals surface area contributed by atoms with Gasteiger partial charge in [0.15, 0.2) is 11.6 Å². The first kappa shape index (κ1) is 70.8. The average molecular weight is 1200 g/mol. The van der Waals surface area contributed by atoms with Gasteiger partial charge >= 0.3 is 6.09 Å². The molecule has 84 heavy (non-hydrogen) atoms. The van der Waals surface area contributed by atoms with Gasteiger partial charge < -0.3 is 49.6 Å². The number of nitrogens with zero attached hydrogens (tertiary/aromatic N) is 4. The fourth-order valence-electron chi connectivity index (χ4n) is 10.3. The summed E-state index contributed by atoms with van der Waals surface area (Å²) in [5, 5.41) is 20.7. The van der Waals surface area contributed by atoms with E-state index in [1.807, 2.05) is 18.9 Å². The number of aromatic hydroxyl groups is 1. The van der Waals surface area contributed by atoms with E-state index in [4.69, 9.17) is 28.7 Å². The van der Waals surface area contributed by atoms with Crippen molar-refractivity contribution in [2.45, 2.75) is 163 Å². The van der Waals surface area contributed by atoms with Crippen molar-refractivity contribution >= 4 is 58.5 Å². The molecule has 2 aliphatic heterocycles. The van der Waals surface area contributed by atoms with Gasteiger partial charge in [0.1, 0.15) is 29.2 Å². The van der Waals surface area contributed by atoms with Gasteiger partial charge in [-0.2, -0.15) is 0 Å². The van der Waals surface area contributed by atoms with Gasteiger partial charge in [-0.1, -0.05) is 79.9 Å². The summed E-state index contributed by atoms with van der Waals surface area (Å²) < 4.78 is 28.2. The van der Waals surface area contributed by atoms with Crippen molar-refractivity contribution < 1.29 is 67.1 Å². The number of piperidine rings is 1. The Bertz CT molecular complexity index is 2370. The van der Waals surface area contributed by atoms with Crippen molar-refractivity contribution in [3.05, 3.63) is 58.1 Å². The van der Waals surface area contributed by atoms with Crippen LogP contribution in [0, 0.1) is 23.7 Å². The SMILES string of the molecule is CCCO[C@H](C[C@H](C(C)C)N(CCC)C(=O)[C@@H](CC(=O)[C@H]1CCCCN1C)[C@@H](C)CC)c1nc(C(=O)N[C@@H](Cc2ccc(O)cc2)C[C@H](C)C(=O)CNC(=O)OCCOCCOCCOCCNC(=O)CCCCCN2C(=O)C=CC2=O)cs1. The second kappa shape index (κ2) is 39.1. The Balaban J connectivity index is 1.21. The van der Waals surface area contributed by atoms with E-state index in [0.717, 1.165) is 57.1 Å². The maximum atomic E-state index is 14.9. The fourth-order valence-corrected chi connectivity index (χ4v) is 11.2.